The molecule has 0 saturated carbocycles. The van der Waals surface area contributed by atoms with E-state index in [9.17, 15) is 4.79 Å². The minimum atomic E-state index is -0.932. The minimum Gasteiger partial charge on any atom is -0.368 e. The monoisotopic (exact) mass is 228 g/mol. The van der Waals surface area contributed by atoms with E-state index in [1.165, 1.54) is 0 Å². The number of hydrogen-bond donors (Lipinski definition) is 2. The second-order valence-corrected chi connectivity index (χ2v) is 5.23. The zero-order chi connectivity index (χ0) is 12.3. The molecular weight excluding hydrogens is 204 g/mol. The Bertz CT molecular complexity index is 246. The third-order valence-corrected chi connectivity index (χ3v) is 3.45. The SMILES string of the molecule is CN1CCC(N(C)CC(C)(N)C(N)=O)CC1. The number of likely N-dealkylation sites (N-methyl/N-ethyl adjacent to an activating group) is 1. The molecule has 1 aliphatic heterocycles. The van der Waals surface area contributed by atoms with Crippen molar-refractivity contribution >= 4 is 5.91 Å². The van der Waals surface area contributed by atoms with Gasteiger partial charge >= 0.3 is 0 Å². The Hall–Kier alpha value is -0.650. The molecule has 0 aliphatic carbocycles. The van der Waals surface area contributed by atoms with Gasteiger partial charge in [0, 0.05) is 12.6 Å². The summed E-state index contributed by atoms with van der Waals surface area (Å²) in [5.74, 6) is -0.438. The first-order valence-electron chi connectivity index (χ1n) is 5.80. The second kappa shape index (κ2) is 5.12. The summed E-state index contributed by atoms with van der Waals surface area (Å²) in [7, 11) is 4.15. The van der Waals surface area contributed by atoms with E-state index in [0.29, 0.717) is 12.6 Å². The number of nitrogens with zero attached hydrogens (tertiary/aromatic N) is 2. The molecule has 1 saturated heterocycles. The van der Waals surface area contributed by atoms with Crippen molar-refractivity contribution in [2.75, 3.05) is 33.7 Å². The highest BCUT2D eigenvalue weighted by atomic mass is 16.1. The third kappa shape index (κ3) is 3.43. The molecule has 0 spiro atoms. The molecule has 0 aromatic rings. The van der Waals surface area contributed by atoms with E-state index in [4.69, 9.17) is 11.5 Å². The number of primary amides is 1. The maximum absolute atomic E-state index is 11.2. The van der Waals surface area contributed by atoms with Crippen LogP contribution < -0.4 is 11.5 Å². The van der Waals surface area contributed by atoms with Gasteiger partial charge in [0.15, 0.2) is 0 Å². The summed E-state index contributed by atoms with van der Waals surface area (Å²) in [6.07, 6.45) is 2.25. The fourth-order valence-corrected chi connectivity index (χ4v) is 2.16. The van der Waals surface area contributed by atoms with E-state index in [-0.39, 0.29) is 0 Å². The first-order valence-corrected chi connectivity index (χ1v) is 5.80. The summed E-state index contributed by atoms with van der Waals surface area (Å²) in [6, 6.07) is 0.512. The number of piperidine rings is 1. The maximum atomic E-state index is 11.2. The fourth-order valence-electron chi connectivity index (χ4n) is 2.16. The van der Waals surface area contributed by atoms with Gasteiger partial charge in [0.2, 0.25) is 5.91 Å². The molecule has 94 valence electrons. The lowest BCUT2D eigenvalue weighted by molar-refractivity contribution is -0.123. The van der Waals surface area contributed by atoms with Gasteiger partial charge in [-0.25, -0.2) is 0 Å². The molecule has 1 amide bonds. The molecule has 5 nitrogen and oxygen atoms in total. The van der Waals surface area contributed by atoms with Crippen LogP contribution in [0, 0.1) is 0 Å². The van der Waals surface area contributed by atoms with Gasteiger partial charge in [-0.15, -0.1) is 0 Å². The summed E-state index contributed by atoms with van der Waals surface area (Å²) < 4.78 is 0. The summed E-state index contributed by atoms with van der Waals surface area (Å²) in [6.45, 7) is 4.43. The van der Waals surface area contributed by atoms with Crippen molar-refractivity contribution in [1.29, 1.82) is 0 Å². The van der Waals surface area contributed by atoms with Gasteiger partial charge < -0.3 is 21.3 Å². The van der Waals surface area contributed by atoms with Crippen LogP contribution in [0.4, 0.5) is 0 Å². The highest BCUT2D eigenvalue weighted by molar-refractivity contribution is 5.84. The van der Waals surface area contributed by atoms with E-state index in [0.717, 1.165) is 25.9 Å². The minimum absolute atomic E-state index is 0.438. The van der Waals surface area contributed by atoms with Gasteiger partial charge in [0.25, 0.3) is 0 Å². The van der Waals surface area contributed by atoms with Crippen molar-refractivity contribution in [3.63, 3.8) is 0 Å². The molecule has 1 heterocycles. The summed E-state index contributed by atoms with van der Waals surface area (Å²) in [5, 5.41) is 0. The molecule has 16 heavy (non-hydrogen) atoms. The van der Waals surface area contributed by atoms with Crippen LogP contribution in [0.1, 0.15) is 19.8 Å². The molecule has 1 unspecified atom stereocenters. The molecule has 0 aromatic carbocycles. The maximum Gasteiger partial charge on any atom is 0.238 e. The Morgan fingerprint density at radius 2 is 2.00 bits per heavy atom. The fraction of sp³-hybridized carbons (Fsp3) is 0.909. The Morgan fingerprint density at radius 3 is 2.44 bits per heavy atom. The van der Waals surface area contributed by atoms with E-state index in [1.807, 2.05) is 7.05 Å². The first-order chi connectivity index (χ1) is 7.33. The highest BCUT2D eigenvalue weighted by Gasteiger charge is 2.30. The van der Waals surface area contributed by atoms with Gasteiger partial charge in [-0.3, -0.25) is 4.79 Å². The summed E-state index contributed by atoms with van der Waals surface area (Å²) in [4.78, 5) is 15.6. The molecule has 1 rings (SSSR count). The number of rotatable bonds is 4. The van der Waals surface area contributed by atoms with Gasteiger partial charge in [0.1, 0.15) is 5.54 Å². The van der Waals surface area contributed by atoms with E-state index in [2.05, 4.69) is 16.8 Å². The molecule has 1 aliphatic rings. The average Bonchev–Trinajstić information content (AvgIpc) is 2.17. The van der Waals surface area contributed by atoms with E-state index in [1.54, 1.807) is 6.92 Å². The number of nitrogens with two attached hydrogens (primary N) is 2. The summed E-state index contributed by atoms with van der Waals surface area (Å²) >= 11 is 0. The molecule has 0 aromatic heterocycles. The molecule has 0 radical (unpaired) electrons. The number of likely N-dealkylation sites (tertiary alicyclic amines) is 1. The van der Waals surface area contributed by atoms with Crippen LogP contribution in [0.5, 0.6) is 0 Å². The zero-order valence-electron chi connectivity index (χ0n) is 10.6. The molecule has 4 N–H and O–H groups in total. The number of amides is 1. The van der Waals surface area contributed by atoms with Crippen LogP contribution in [-0.2, 0) is 4.79 Å². The molecular formula is C11H24N4O. The Kier molecular flexibility index (Phi) is 4.29. The van der Waals surface area contributed by atoms with Crippen LogP contribution in [0.2, 0.25) is 0 Å². The highest BCUT2D eigenvalue weighted by Crippen LogP contribution is 2.15. The lowest BCUT2D eigenvalue weighted by Gasteiger charge is -2.37. The van der Waals surface area contributed by atoms with Crippen LogP contribution in [0.15, 0.2) is 0 Å². The lowest BCUT2D eigenvalue weighted by Crippen LogP contribution is -2.58. The zero-order valence-corrected chi connectivity index (χ0v) is 10.6. The Labute approximate surface area is 97.7 Å². The largest absolute Gasteiger partial charge is 0.368 e. The third-order valence-electron chi connectivity index (χ3n) is 3.45. The topological polar surface area (TPSA) is 75.6 Å². The van der Waals surface area contributed by atoms with Crippen molar-refractivity contribution < 1.29 is 4.79 Å². The smallest absolute Gasteiger partial charge is 0.238 e. The van der Waals surface area contributed by atoms with E-state index < -0.39 is 11.4 Å². The standard InChI is InChI=1S/C11H24N4O/c1-11(13,10(12)16)8-15(3)9-4-6-14(2)7-5-9/h9H,4-8,13H2,1-3H3,(H2,12,16). The Morgan fingerprint density at radius 1 is 1.50 bits per heavy atom. The second-order valence-electron chi connectivity index (χ2n) is 5.23. The molecule has 5 heteroatoms. The lowest BCUT2D eigenvalue weighted by atomic mass is 9.98. The Balaban J connectivity index is 2.46. The predicted molar refractivity (Wildman–Crippen MR) is 64.9 cm³/mol. The quantitative estimate of drug-likeness (QED) is 0.661. The van der Waals surface area contributed by atoms with Crippen LogP contribution >= 0.6 is 0 Å². The van der Waals surface area contributed by atoms with Crippen molar-refractivity contribution in [1.82, 2.24) is 9.80 Å². The van der Waals surface area contributed by atoms with Crippen LogP contribution in [0.3, 0.4) is 0 Å². The van der Waals surface area contributed by atoms with Crippen molar-refractivity contribution in [2.45, 2.75) is 31.3 Å². The van der Waals surface area contributed by atoms with Crippen LogP contribution in [-0.4, -0.2) is 61.0 Å². The normalized spacial score (nSPS) is 23.3. The van der Waals surface area contributed by atoms with Crippen molar-refractivity contribution in [3.05, 3.63) is 0 Å². The van der Waals surface area contributed by atoms with Gasteiger partial charge in [-0.05, 0) is 47.0 Å². The number of carbonyl (C=O) groups excluding carboxylic acids is 1. The van der Waals surface area contributed by atoms with E-state index >= 15 is 0 Å². The average molecular weight is 228 g/mol. The van der Waals surface area contributed by atoms with Crippen LogP contribution in [0.25, 0.3) is 0 Å². The molecule has 1 atom stereocenters. The summed E-state index contributed by atoms with van der Waals surface area (Å²) in [5.41, 5.74) is 10.2. The van der Waals surface area contributed by atoms with Gasteiger partial charge in [0.05, 0.1) is 0 Å². The van der Waals surface area contributed by atoms with Gasteiger partial charge in [-0.1, -0.05) is 0 Å². The number of hydrogen-bond acceptors (Lipinski definition) is 4. The molecule has 1 fully saturated rings. The molecule has 0 bridgehead atoms. The number of carbonyl (C=O) groups is 1. The first kappa shape index (κ1) is 13.4. The van der Waals surface area contributed by atoms with Crippen molar-refractivity contribution in [2.24, 2.45) is 11.5 Å². The van der Waals surface area contributed by atoms with Gasteiger partial charge in [-0.2, -0.15) is 0 Å². The predicted octanol–water partition coefficient (Wildman–Crippen LogP) is -0.785. The van der Waals surface area contributed by atoms with Crippen molar-refractivity contribution in [3.8, 4) is 0 Å².